The number of carbonyl (C=O) groups excluding carboxylic acids is 1. The number of hydrogen-bond donors (Lipinski definition) is 1. The molecule has 90 valence electrons. The lowest BCUT2D eigenvalue weighted by Gasteiger charge is -2.24. The van der Waals surface area contributed by atoms with Crippen molar-refractivity contribution in [3.63, 3.8) is 0 Å². The summed E-state index contributed by atoms with van der Waals surface area (Å²) in [6.07, 6.45) is 9.00. The molecule has 2 aliphatic rings. The number of nitrogens with two attached hydrogens (primary N) is 1. The van der Waals surface area contributed by atoms with Crippen LogP contribution in [0.1, 0.15) is 40.0 Å². The first-order valence-electron chi connectivity index (χ1n) is 5.93. The molecule has 2 rings (SSSR count). The maximum absolute atomic E-state index is 10.4. The lowest BCUT2D eigenvalue weighted by atomic mass is 10.0. The van der Waals surface area contributed by atoms with Crippen molar-refractivity contribution in [2.24, 2.45) is 5.73 Å². The molecule has 2 fully saturated rings. The maximum atomic E-state index is 10.4. The first kappa shape index (κ1) is 12.3. The molecular formula is C11H24N2O2. The van der Waals surface area contributed by atoms with E-state index in [1.54, 1.807) is 4.90 Å². The van der Waals surface area contributed by atoms with E-state index in [0.29, 0.717) is 26.3 Å². The highest BCUT2D eigenvalue weighted by Crippen LogP contribution is 2.15. The molecule has 1 aliphatic heterocycles. The van der Waals surface area contributed by atoms with Crippen molar-refractivity contribution in [3.8, 4) is 0 Å². The van der Waals surface area contributed by atoms with Gasteiger partial charge in [0.05, 0.1) is 13.2 Å². The number of hydrogen-bond acceptors (Lipinski definition) is 2. The molecule has 1 saturated heterocycles. The molecule has 0 aromatic heterocycles. The Kier molecular flexibility index (Phi) is 6.16. The van der Waals surface area contributed by atoms with Crippen molar-refractivity contribution in [1.82, 2.24) is 4.90 Å². The zero-order valence-electron chi connectivity index (χ0n) is 9.41. The quantitative estimate of drug-likeness (QED) is 0.673. The molecule has 15 heavy (non-hydrogen) atoms. The van der Waals surface area contributed by atoms with E-state index in [1.165, 1.54) is 38.5 Å². The monoisotopic (exact) mass is 216 g/mol. The van der Waals surface area contributed by atoms with Gasteiger partial charge in [-0.1, -0.05) is 38.5 Å². The van der Waals surface area contributed by atoms with Crippen molar-refractivity contribution in [2.75, 3.05) is 26.3 Å². The molecule has 4 heteroatoms. The second-order valence-corrected chi connectivity index (χ2v) is 4.06. The highest BCUT2D eigenvalue weighted by atomic mass is 16.5. The highest BCUT2D eigenvalue weighted by Gasteiger charge is 2.12. The third-order valence-electron chi connectivity index (χ3n) is 2.82. The van der Waals surface area contributed by atoms with Crippen molar-refractivity contribution in [3.05, 3.63) is 0 Å². The van der Waals surface area contributed by atoms with Crippen molar-refractivity contribution >= 4 is 6.03 Å². The average Bonchev–Trinajstić information content (AvgIpc) is 2.33. The molecule has 4 nitrogen and oxygen atoms in total. The molecule has 0 atom stereocenters. The number of urea groups is 1. The van der Waals surface area contributed by atoms with E-state index < -0.39 is 0 Å². The van der Waals surface area contributed by atoms with Gasteiger partial charge < -0.3 is 15.4 Å². The van der Waals surface area contributed by atoms with Gasteiger partial charge in [0.1, 0.15) is 0 Å². The topological polar surface area (TPSA) is 55.6 Å². The Bertz CT molecular complexity index is 169. The summed E-state index contributed by atoms with van der Waals surface area (Å²) in [5.74, 6) is 0. The van der Waals surface area contributed by atoms with Crippen LogP contribution in [0.15, 0.2) is 0 Å². The Balaban J connectivity index is 0.000000283. The molecule has 2 amide bonds. The van der Waals surface area contributed by atoms with Gasteiger partial charge in [0, 0.05) is 14.5 Å². The summed E-state index contributed by atoms with van der Waals surface area (Å²) in [6, 6.07) is -0.349. The Morgan fingerprint density at radius 1 is 1.00 bits per heavy atom. The van der Waals surface area contributed by atoms with Crippen LogP contribution in [0.4, 0.5) is 4.79 Å². The molecule has 2 N–H and O–H groups in total. The second-order valence-electron chi connectivity index (χ2n) is 4.06. The van der Waals surface area contributed by atoms with Crippen LogP contribution in [0.25, 0.3) is 0 Å². The largest absolute Gasteiger partial charge is 0.378 e. The van der Waals surface area contributed by atoms with E-state index >= 15 is 0 Å². The lowest BCUT2D eigenvalue weighted by Crippen LogP contribution is -2.43. The van der Waals surface area contributed by atoms with Crippen LogP contribution in [0.5, 0.6) is 0 Å². The Morgan fingerprint density at radius 3 is 1.67 bits per heavy atom. The second kappa shape index (κ2) is 7.51. The molecule has 0 spiro atoms. The summed E-state index contributed by atoms with van der Waals surface area (Å²) in [5, 5.41) is 0. The van der Waals surface area contributed by atoms with Crippen LogP contribution in [-0.4, -0.2) is 37.2 Å². The van der Waals surface area contributed by atoms with E-state index in [4.69, 9.17) is 10.5 Å². The molecule has 0 aromatic rings. The third-order valence-corrected chi connectivity index (χ3v) is 2.82. The summed E-state index contributed by atoms with van der Waals surface area (Å²) in [4.78, 5) is 12.0. The predicted molar refractivity (Wildman–Crippen MR) is 61.8 cm³/mol. The molecule has 1 heterocycles. The highest BCUT2D eigenvalue weighted by molar-refractivity contribution is 5.71. The fraction of sp³-hybridized carbons (Fsp3) is 0.909. The van der Waals surface area contributed by atoms with Crippen LogP contribution < -0.4 is 5.73 Å². The first-order chi connectivity index (χ1) is 7.30. The third kappa shape index (κ3) is 5.62. The summed E-state index contributed by atoms with van der Waals surface area (Å²) in [7, 11) is 0. The average molecular weight is 216 g/mol. The van der Waals surface area contributed by atoms with Crippen LogP contribution in [-0.2, 0) is 4.74 Å². The molecule has 0 aromatic carbocycles. The fourth-order valence-electron chi connectivity index (χ4n) is 1.84. The van der Waals surface area contributed by atoms with Crippen LogP contribution in [0.3, 0.4) is 0 Å². The molecule has 1 saturated carbocycles. The number of carbonyl (C=O) groups is 1. The van der Waals surface area contributed by atoms with Gasteiger partial charge in [-0.3, -0.25) is 0 Å². The van der Waals surface area contributed by atoms with Crippen molar-refractivity contribution < 1.29 is 11.0 Å². The Labute approximate surface area is 93.2 Å². The zero-order chi connectivity index (χ0) is 10.9. The number of primary amides is 1. The minimum atomic E-state index is -0.349. The van der Waals surface area contributed by atoms with E-state index in [-0.39, 0.29) is 7.46 Å². The number of morpholine rings is 1. The van der Waals surface area contributed by atoms with Crippen LogP contribution in [0.2, 0.25) is 0 Å². The summed E-state index contributed by atoms with van der Waals surface area (Å²) >= 11 is 0. The van der Waals surface area contributed by atoms with E-state index in [0.717, 1.165) is 0 Å². The van der Waals surface area contributed by atoms with Gasteiger partial charge in [-0.25, -0.2) is 4.79 Å². The van der Waals surface area contributed by atoms with Crippen LogP contribution in [0, 0.1) is 0 Å². The van der Waals surface area contributed by atoms with Gasteiger partial charge >= 0.3 is 6.03 Å². The minimum Gasteiger partial charge on any atom is -0.378 e. The fourth-order valence-corrected chi connectivity index (χ4v) is 1.84. The van der Waals surface area contributed by atoms with Crippen LogP contribution >= 0.6 is 0 Å². The zero-order valence-corrected chi connectivity index (χ0v) is 9.41. The smallest absolute Gasteiger partial charge is 0.314 e. The number of amides is 2. The maximum Gasteiger partial charge on any atom is 0.314 e. The number of rotatable bonds is 0. The molecular weight excluding hydrogens is 192 g/mol. The Hall–Kier alpha value is -0.770. The van der Waals surface area contributed by atoms with Gasteiger partial charge in [0.25, 0.3) is 0 Å². The van der Waals surface area contributed by atoms with Gasteiger partial charge in [0.15, 0.2) is 0 Å². The summed E-state index contributed by atoms with van der Waals surface area (Å²) in [6.45, 7) is 2.50. The van der Waals surface area contributed by atoms with Gasteiger partial charge in [-0.05, 0) is 0 Å². The number of nitrogens with zero attached hydrogens (tertiary/aromatic N) is 1. The summed E-state index contributed by atoms with van der Waals surface area (Å²) in [5.41, 5.74) is 5.00. The van der Waals surface area contributed by atoms with Crippen molar-refractivity contribution in [1.29, 1.82) is 0 Å². The molecule has 0 bridgehead atoms. The molecule has 0 radical (unpaired) electrons. The van der Waals surface area contributed by atoms with E-state index in [2.05, 4.69) is 0 Å². The SMILES string of the molecule is C1CCCCC1.NC(=O)N1CCOCC1.[HH]. The lowest BCUT2D eigenvalue weighted by molar-refractivity contribution is 0.0554. The van der Waals surface area contributed by atoms with E-state index in [9.17, 15) is 4.79 Å². The predicted octanol–water partition coefficient (Wildman–Crippen LogP) is 1.98. The minimum absolute atomic E-state index is 0. The standard InChI is InChI=1S/C6H12.C5H10N2O2.H2/c1-2-4-6-5-3-1;6-5(8)7-1-3-9-4-2-7;/h1-6H2;1-4H2,(H2,6,8);1H. The van der Waals surface area contributed by atoms with E-state index in [1.807, 2.05) is 0 Å². The summed E-state index contributed by atoms with van der Waals surface area (Å²) < 4.78 is 5.00. The molecule has 1 aliphatic carbocycles. The van der Waals surface area contributed by atoms with Gasteiger partial charge in [0.2, 0.25) is 0 Å². The first-order valence-corrected chi connectivity index (χ1v) is 5.93. The van der Waals surface area contributed by atoms with Crippen molar-refractivity contribution in [2.45, 2.75) is 38.5 Å². The normalized spacial score (nSPS) is 21.5. The van der Waals surface area contributed by atoms with Gasteiger partial charge in [-0.15, -0.1) is 0 Å². The Morgan fingerprint density at radius 2 is 1.40 bits per heavy atom. The molecule has 0 unspecified atom stereocenters. The van der Waals surface area contributed by atoms with Gasteiger partial charge in [-0.2, -0.15) is 0 Å². The number of ether oxygens (including phenoxy) is 1.